The van der Waals surface area contributed by atoms with Crippen molar-refractivity contribution in [3.8, 4) is 0 Å². The third-order valence-electron chi connectivity index (χ3n) is 10.3. The highest BCUT2D eigenvalue weighted by Gasteiger charge is 2.17. The zero-order valence-corrected chi connectivity index (χ0v) is 32.2. The standard InChI is InChI=1S/C52H48N2/c1-37-33-41(5)51(35-39(37)3)53(47-17-9-7-10-18-47)49-29-23-43(24-30-49)21-27-45-15-13-14-16-46(45)28-22-44-25-31-50(32-26-44)54(48-19-11-8-12-20-48)52-36-40(4)38(2)34-42(52)6/h7-36H,1-6H3/b27-21+,28-22+. The molecule has 0 heterocycles. The number of rotatable bonds is 10. The van der Waals surface area contributed by atoms with Gasteiger partial charge in [-0.1, -0.05) is 121 Å². The Hall–Kier alpha value is -6.38. The number of benzene rings is 7. The highest BCUT2D eigenvalue weighted by atomic mass is 15.1. The second-order valence-corrected chi connectivity index (χ2v) is 14.3. The molecule has 0 saturated heterocycles. The number of hydrogen-bond acceptors (Lipinski definition) is 2. The molecule has 0 amide bonds. The minimum absolute atomic E-state index is 1.13. The quantitative estimate of drug-likeness (QED) is 0.131. The van der Waals surface area contributed by atoms with Gasteiger partial charge in [-0.15, -0.1) is 0 Å². The highest BCUT2D eigenvalue weighted by Crippen LogP contribution is 2.39. The van der Waals surface area contributed by atoms with Gasteiger partial charge in [0.1, 0.15) is 0 Å². The molecule has 0 aliphatic rings. The van der Waals surface area contributed by atoms with Crippen LogP contribution in [-0.2, 0) is 0 Å². The normalized spacial score (nSPS) is 11.4. The maximum absolute atomic E-state index is 2.35. The molecule has 0 aliphatic carbocycles. The van der Waals surface area contributed by atoms with Crippen LogP contribution >= 0.6 is 0 Å². The van der Waals surface area contributed by atoms with E-state index in [0.717, 1.165) is 33.9 Å². The topological polar surface area (TPSA) is 6.48 Å². The first kappa shape index (κ1) is 36.0. The summed E-state index contributed by atoms with van der Waals surface area (Å²) >= 11 is 0. The Kier molecular flexibility index (Phi) is 10.7. The second kappa shape index (κ2) is 16.1. The fourth-order valence-electron chi connectivity index (χ4n) is 7.04. The van der Waals surface area contributed by atoms with Crippen molar-refractivity contribution in [2.24, 2.45) is 0 Å². The van der Waals surface area contributed by atoms with E-state index in [1.54, 1.807) is 0 Å². The number of hydrogen-bond donors (Lipinski definition) is 0. The van der Waals surface area contributed by atoms with Crippen molar-refractivity contribution in [2.75, 3.05) is 9.80 Å². The first-order valence-corrected chi connectivity index (χ1v) is 18.8. The summed E-state index contributed by atoms with van der Waals surface area (Å²) in [5, 5.41) is 0. The highest BCUT2D eigenvalue weighted by molar-refractivity contribution is 5.83. The van der Waals surface area contributed by atoms with Crippen LogP contribution in [0.15, 0.2) is 158 Å². The predicted molar refractivity (Wildman–Crippen MR) is 235 cm³/mol. The monoisotopic (exact) mass is 700 g/mol. The molecule has 0 aliphatic heterocycles. The van der Waals surface area contributed by atoms with Gasteiger partial charge >= 0.3 is 0 Å². The summed E-state index contributed by atoms with van der Waals surface area (Å²) in [5.74, 6) is 0. The van der Waals surface area contributed by atoms with Gasteiger partial charge in [-0.2, -0.15) is 0 Å². The van der Waals surface area contributed by atoms with Crippen molar-refractivity contribution in [2.45, 2.75) is 41.5 Å². The molecule has 0 unspecified atom stereocenters. The summed E-state index contributed by atoms with van der Waals surface area (Å²) in [6.07, 6.45) is 8.83. The molecule has 7 rings (SSSR count). The fourth-order valence-corrected chi connectivity index (χ4v) is 7.04. The Morgan fingerprint density at radius 3 is 0.981 bits per heavy atom. The van der Waals surface area contributed by atoms with E-state index in [2.05, 4.69) is 233 Å². The Bertz CT molecular complexity index is 2250. The largest absolute Gasteiger partial charge is 0.310 e. The Labute approximate surface area is 322 Å². The van der Waals surface area contributed by atoms with Crippen LogP contribution in [0.2, 0.25) is 0 Å². The van der Waals surface area contributed by atoms with Crippen molar-refractivity contribution in [3.05, 3.63) is 213 Å². The molecule has 7 aromatic carbocycles. The lowest BCUT2D eigenvalue weighted by atomic mass is 10.0. The third kappa shape index (κ3) is 7.99. The molecule has 266 valence electrons. The van der Waals surface area contributed by atoms with E-state index >= 15 is 0 Å². The van der Waals surface area contributed by atoms with E-state index in [0.29, 0.717) is 0 Å². The molecule has 2 nitrogen and oxygen atoms in total. The molecule has 2 heteroatoms. The van der Waals surface area contributed by atoms with Crippen LogP contribution in [0.4, 0.5) is 34.1 Å². The smallest absolute Gasteiger partial charge is 0.0493 e. The molecule has 54 heavy (non-hydrogen) atoms. The van der Waals surface area contributed by atoms with Crippen LogP contribution in [-0.4, -0.2) is 0 Å². The zero-order chi connectivity index (χ0) is 37.6. The molecule has 0 bridgehead atoms. The van der Waals surface area contributed by atoms with Crippen molar-refractivity contribution < 1.29 is 0 Å². The van der Waals surface area contributed by atoms with Crippen molar-refractivity contribution in [1.29, 1.82) is 0 Å². The van der Waals surface area contributed by atoms with Crippen LogP contribution in [0.3, 0.4) is 0 Å². The van der Waals surface area contributed by atoms with Crippen LogP contribution in [0.25, 0.3) is 24.3 Å². The van der Waals surface area contributed by atoms with E-state index in [-0.39, 0.29) is 0 Å². The zero-order valence-electron chi connectivity index (χ0n) is 32.2. The molecule has 0 atom stereocenters. The molecular formula is C52H48N2. The van der Waals surface area contributed by atoms with Crippen LogP contribution in [0, 0.1) is 41.5 Å². The maximum atomic E-state index is 2.35. The summed E-state index contributed by atoms with van der Waals surface area (Å²) < 4.78 is 0. The second-order valence-electron chi connectivity index (χ2n) is 14.3. The molecule has 0 N–H and O–H groups in total. The van der Waals surface area contributed by atoms with E-state index in [1.165, 1.54) is 55.9 Å². The molecule has 0 radical (unpaired) electrons. The lowest BCUT2D eigenvalue weighted by molar-refractivity contribution is 1.21. The van der Waals surface area contributed by atoms with Gasteiger partial charge in [0.25, 0.3) is 0 Å². The fraction of sp³-hybridized carbons (Fsp3) is 0.115. The minimum Gasteiger partial charge on any atom is -0.310 e. The Balaban J connectivity index is 1.11. The van der Waals surface area contributed by atoms with Gasteiger partial charge in [-0.05, 0) is 158 Å². The van der Waals surface area contributed by atoms with E-state index < -0.39 is 0 Å². The average Bonchev–Trinajstić information content (AvgIpc) is 3.19. The van der Waals surface area contributed by atoms with Crippen LogP contribution in [0.5, 0.6) is 0 Å². The van der Waals surface area contributed by atoms with Gasteiger partial charge in [-0.25, -0.2) is 0 Å². The van der Waals surface area contributed by atoms with E-state index in [9.17, 15) is 0 Å². The van der Waals surface area contributed by atoms with E-state index in [4.69, 9.17) is 0 Å². The maximum Gasteiger partial charge on any atom is 0.0493 e. The molecular weight excluding hydrogens is 653 g/mol. The van der Waals surface area contributed by atoms with Gasteiger partial charge in [0, 0.05) is 34.1 Å². The first-order valence-electron chi connectivity index (χ1n) is 18.8. The Morgan fingerprint density at radius 2 is 0.611 bits per heavy atom. The third-order valence-corrected chi connectivity index (χ3v) is 10.3. The summed E-state index contributed by atoms with van der Waals surface area (Å²) in [4.78, 5) is 4.71. The molecule has 0 aromatic heterocycles. The lowest BCUT2D eigenvalue weighted by Crippen LogP contribution is -2.11. The van der Waals surface area contributed by atoms with Gasteiger partial charge in [0.2, 0.25) is 0 Å². The SMILES string of the molecule is Cc1cc(C)c(N(c2ccccc2)c2ccc(/C=C/c3ccccc3/C=C/c3ccc(N(c4ccccc4)c4cc(C)c(C)cc4C)cc3)cc2)cc1C. The van der Waals surface area contributed by atoms with Gasteiger partial charge in [0.05, 0.1) is 0 Å². The molecule has 7 aromatic rings. The molecule has 0 fully saturated rings. The predicted octanol–water partition coefficient (Wildman–Crippen LogP) is 14.8. The van der Waals surface area contributed by atoms with E-state index in [1.807, 2.05) is 0 Å². The average molecular weight is 701 g/mol. The summed E-state index contributed by atoms with van der Waals surface area (Å²) in [6.45, 7) is 13.1. The Morgan fingerprint density at radius 1 is 0.296 bits per heavy atom. The number of para-hydroxylation sites is 2. The van der Waals surface area contributed by atoms with Gasteiger partial charge < -0.3 is 9.80 Å². The minimum atomic E-state index is 1.13. The van der Waals surface area contributed by atoms with Crippen LogP contribution in [0.1, 0.15) is 55.6 Å². The number of aryl methyl sites for hydroxylation is 6. The summed E-state index contributed by atoms with van der Waals surface area (Å²) in [6, 6.07) is 56.7. The number of nitrogens with zero attached hydrogens (tertiary/aromatic N) is 2. The van der Waals surface area contributed by atoms with Crippen molar-refractivity contribution in [3.63, 3.8) is 0 Å². The van der Waals surface area contributed by atoms with Gasteiger partial charge in [0.15, 0.2) is 0 Å². The van der Waals surface area contributed by atoms with Crippen molar-refractivity contribution in [1.82, 2.24) is 0 Å². The van der Waals surface area contributed by atoms with Crippen molar-refractivity contribution >= 4 is 58.4 Å². The van der Waals surface area contributed by atoms with Crippen LogP contribution < -0.4 is 9.80 Å². The molecule has 0 spiro atoms. The summed E-state index contributed by atoms with van der Waals surface area (Å²) in [7, 11) is 0. The number of anilines is 6. The first-order chi connectivity index (χ1) is 26.2. The lowest BCUT2D eigenvalue weighted by Gasteiger charge is -2.28. The van der Waals surface area contributed by atoms with Gasteiger partial charge in [-0.3, -0.25) is 0 Å². The molecule has 0 saturated carbocycles. The summed E-state index contributed by atoms with van der Waals surface area (Å²) in [5.41, 5.74) is 19.3.